The molecule has 0 atom stereocenters. The summed E-state index contributed by atoms with van der Waals surface area (Å²) in [6, 6.07) is 0. The standard InChI is InChI=1S/C18H30N6S/c1-4-10-19-17(20-13-16-22-21-15(2)23(16)3)24-11-12-25-18(14-24)8-6-5-7-9-18/h4H,1,5-14H2,2-3H3,(H,19,20). The van der Waals surface area contributed by atoms with E-state index in [0.29, 0.717) is 11.3 Å². The molecule has 25 heavy (non-hydrogen) atoms. The van der Waals surface area contributed by atoms with Gasteiger partial charge >= 0.3 is 0 Å². The second-order valence-electron chi connectivity index (χ2n) is 7.05. The van der Waals surface area contributed by atoms with E-state index in [4.69, 9.17) is 4.99 Å². The van der Waals surface area contributed by atoms with Gasteiger partial charge in [-0.25, -0.2) is 4.99 Å². The first-order valence-electron chi connectivity index (χ1n) is 9.26. The van der Waals surface area contributed by atoms with Crippen LogP contribution in [-0.4, -0.2) is 55.8 Å². The van der Waals surface area contributed by atoms with Gasteiger partial charge in [0.2, 0.25) is 0 Å². The molecule has 1 aliphatic carbocycles. The summed E-state index contributed by atoms with van der Waals surface area (Å²) in [4.78, 5) is 7.30. The molecule has 1 saturated carbocycles. The quantitative estimate of drug-likeness (QED) is 0.507. The molecule has 2 aliphatic rings. The summed E-state index contributed by atoms with van der Waals surface area (Å²) in [6.07, 6.45) is 8.69. The largest absolute Gasteiger partial charge is 0.353 e. The fourth-order valence-electron chi connectivity index (χ4n) is 3.69. The van der Waals surface area contributed by atoms with E-state index in [0.717, 1.165) is 37.2 Å². The van der Waals surface area contributed by atoms with E-state index in [1.165, 1.54) is 37.9 Å². The highest BCUT2D eigenvalue weighted by Crippen LogP contribution is 2.42. The Bertz CT molecular complexity index is 612. The normalized spacial score (nSPS) is 20.7. The van der Waals surface area contributed by atoms with Gasteiger partial charge in [-0.15, -0.1) is 16.8 Å². The molecule has 138 valence electrons. The molecule has 0 bridgehead atoms. The molecule has 0 amide bonds. The third-order valence-corrected chi connectivity index (χ3v) is 6.81. The fraction of sp³-hybridized carbons (Fsp3) is 0.722. The first kappa shape index (κ1) is 18.3. The van der Waals surface area contributed by atoms with Gasteiger partial charge < -0.3 is 14.8 Å². The van der Waals surface area contributed by atoms with Crippen molar-refractivity contribution in [2.45, 2.75) is 50.3 Å². The Labute approximate surface area is 155 Å². The highest BCUT2D eigenvalue weighted by molar-refractivity contribution is 8.00. The van der Waals surface area contributed by atoms with E-state index >= 15 is 0 Å². The molecule has 1 aromatic rings. The van der Waals surface area contributed by atoms with Crippen LogP contribution in [0.3, 0.4) is 0 Å². The van der Waals surface area contributed by atoms with Crippen molar-refractivity contribution in [3.05, 3.63) is 24.3 Å². The summed E-state index contributed by atoms with van der Waals surface area (Å²) >= 11 is 2.18. The summed E-state index contributed by atoms with van der Waals surface area (Å²) in [5.74, 6) is 3.97. The third kappa shape index (κ3) is 4.37. The van der Waals surface area contributed by atoms with Crippen molar-refractivity contribution in [3.8, 4) is 0 Å². The molecule has 3 rings (SSSR count). The van der Waals surface area contributed by atoms with E-state index < -0.39 is 0 Å². The van der Waals surface area contributed by atoms with Crippen molar-refractivity contribution in [2.75, 3.05) is 25.4 Å². The van der Waals surface area contributed by atoms with Gasteiger partial charge in [-0.05, 0) is 19.8 Å². The third-order valence-electron chi connectivity index (χ3n) is 5.27. The van der Waals surface area contributed by atoms with Crippen LogP contribution in [0.1, 0.15) is 43.8 Å². The Morgan fingerprint density at radius 3 is 2.84 bits per heavy atom. The topological polar surface area (TPSA) is 58.3 Å². The van der Waals surface area contributed by atoms with Crippen molar-refractivity contribution in [3.63, 3.8) is 0 Å². The predicted molar refractivity (Wildman–Crippen MR) is 105 cm³/mol. The summed E-state index contributed by atoms with van der Waals surface area (Å²) in [6.45, 7) is 9.22. The van der Waals surface area contributed by atoms with E-state index in [1.54, 1.807) is 0 Å². The molecule has 0 aromatic carbocycles. The number of nitrogens with zero attached hydrogens (tertiary/aromatic N) is 5. The minimum absolute atomic E-state index is 0.425. The van der Waals surface area contributed by atoms with Gasteiger partial charge in [0.15, 0.2) is 11.8 Å². The van der Waals surface area contributed by atoms with Crippen LogP contribution >= 0.6 is 11.8 Å². The van der Waals surface area contributed by atoms with Gasteiger partial charge in [0, 0.05) is 37.2 Å². The van der Waals surface area contributed by atoms with Gasteiger partial charge in [0.05, 0.1) is 0 Å². The molecular formula is C18H30N6S. The maximum absolute atomic E-state index is 4.86. The van der Waals surface area contributed by atoms with Crippen LogP contribution in [0.15, 0.2) is 17.6 Å². The second kappa shape index (κ2) is 8.25. The first-order chi connectivity index (χ1) is 12.1. The summed E-state index contributed by atoms with van der Waals surface area (Å²) in [5.41, 5.74) is 0. The number of hydrogen-bond donors (Lipinski definition) is 1. The lowest BCUT2D eigenvalue weighted by molar-refractivity contribution is 0.293. The molecule has 0 radical (unpaired) electrons. The van der Waals surface area contributed by atoms with E-state index in [1.807, 2.05) is 24.6 Å². The van der Waals surface area contributed by atoms with Gasteiger partial charge in [-0.2, -0.15) is 11.8 Å². The monoisotopic (exact) mass is 362 g/mol. The van der Waals surface area contributed by atoms with Crippen molar-refractivity contribution in [1.82, 2.24) is 25.0 Å². The Balaban J connectivity index is 1.73. The van der Waals surface area contributed by atoms with Gasteiger partial charge in [0.1, 0.15) is 12.4 Å². The molecule has 2 fully saturated rings. The fourth-order valence-corrected chi connectivity index (χ4v) is 5.26. The van der Waals surface area contributed by atoms with Gasteiger partial charge in [-0.3, -0.25) is 0 Å². The lowest BCUT2D eigenvalue weighted by atomic mass is 9.87. The number of aliphatic imine (C=N–C) groups is 1. The number of nitrogens with one attached hydrogen (secondary N) is 1. The van der Waals surface area contributed by atoms with Crippen LogP contribution < -0.4 is 5.32 Å². The van der Waals surface area contributed by atoms with Crippen LogP contribution in [0.4, 0.5) is 0 Å². The number of aryl methyl sites for hydroxylation is 1. The molecule has 1 spiro atoms. The van der Waals surface area contributed by atoms with Crippen molar-refractivity contribution >= 4 is 17.7 Å². The van der Waals surface area contributed by atoms with Crippen LogP contribution in [0.2, 0.25) is 0 Å². The van der Waals surface area contributed by atoms with E-state index in [2.05, 4.69) is 38.8 Å². The summed E-state index contributed by atoms with van der Waals surface area (Å²) < 4.78 is 2.43. The zero-order valence-electron chi connectivity index (χ0n) is 15.5. The lowest BCUT2D eigenvalue weighted by Crippen LogP contribution is -2.53. The summed E-state index contributed by atoms with van der Waals surface area (Å²) in [7, 11) is 1.99. The Morgan fingerprint density at radius 2 is 2.16 bits per heavy atom. The highest BCUT2D eigenvalue weighted by atomic mass is 32.2. The molecule has 1 N–H and O–H groups in total. The Morgan fingerprint density at radius 1 is 1.36 bits per heavy atom. The van der Waals surface area contributed by atoms with E-state index in [9.17, 15) is 0 Å². The van der Waals surface area contributed by atoms with Crippen molar-refractivity contribution in [2.24, 2.45) is 12.0 Å². The van der Waals surface area contributed by atoms with Crippen molar-refractivity contribution in [1.29, 1.82) is 0 Å². The van der Waals surface area contributed by atoms with Gasteiger partial charge in [0.25, 0.3) is 0 Å². The predicted octanol–water partition coefficient (Wildman–Crippen LogP) is 2.51. The van der Waals surface area contributed by atoms with Crippen LogP contribution in [0.5, 0.6) is 0 Å². The maximum atomic E-state index is 4.86. The van der Waals surface area contributed by atoms with Crippen molar-refractivity contribution < 1.29 is 0 Å². The van der Waals surface area contributed by atoms with Gasteiger partial charge in [-0.1, -0.05) is 25.3 Å². The van der Waals surface area contributed by atoms with Crippen LogP contribution in [0.25, 0.3) is 0 Å². The number of hydrogen-bond acceptors (Lipinski definition) is 4. The molecule has 1 saturated heterocycles. The zero-order chi connectivity index (χ0) is 17.7. The average Bonchev–Trinajstić information content (AvgIpc) is 2.94. The Hall–Kier alpha value is -1.50. The molecule has 0 unspecified atom stereocenters. The molecule has 7 heteroatoms. The maximum Gasteiger partial charge on any atom is 0.194 e. The Kier molecular flexibility index (Phi) is 6.04. The SMILES string of the molecule is C=CCNC(=NCc1nnc(C)n1C)N1CCSC2(CCCCC2)C1. The minimum atomic E-state index is 0.425. The minimum Gasteiger partial charge on any atom is -0.353 e. The molecule has 6 nitrogen and oxygen atoms in total. The summed E-state index contributed by atoms with van der Waals surface area (Å²) in [5, 5.41) is 11.8. The van der Waals surface area contributed by atoms with Crippen LogP contribution in [-0.2, 0) is 13.6 Å². The molecule has 2 heterocycles. The second-order valence-corrected chi connectivity index (χ2v) is 8.61. The number of aromatic nitrogens is 3. The molecule has 1 aliphatic heterocycles. The number of guanidine groups is 1. The molecule has 1 aromatic heterocycles. The molecular weight excluding hydrogens is 332 g/mol. The zero-order valence-corrected chi connectivity index (χ0v) is 16.3. The van der Waals surface area contributed by atoms with E-state index in [-0.39, 0.29) is 0 Å². The number of thioether (sulfide) groups is 1. The average molecular weight is 363 g/mol. The highest BCUT2D eigenvalue weighted by Gasteiger charge is 2.38. The van der Waals surface area contributed by atoms with Crippen LogP contribution in [0, 0.1) is 6.92 Å². The smallest absolute Gasteiger partial charge is 0.194 e. The lowest BCUT2D eigenvalue weighted by Gasteiger charge is -2.45. The first-order valence-corrected chi connectivity index (χ1v) is 10.3. The number of rotatable bonds is 4.